The summed E-state index contributed by atoms with van der Waals surface area (Å²) in [6, 6.07) is 25.0. The quantitative estimate of drug-likeness (QED) is 0.108. The van der Waals surface area contributed by atoms with Crippen molar-refractivity contribution in [1.82, 2.24) is 10.6 Å². The van der Waals surface area contributed by atoms with Crippen molar-refractivity contribution in [2.75, 3.05) is 0 Å². The molecule has 0 aromatic heterocycles. The molecule has 0 heterocycles. The Balaban J connectivity index is 1.53. The van der Waals surface area contributed by atoms with Crippen LogP contribution in [0.4, 0.5) is 0 Å². The molecule has 1 aliphatic rings. The van der Waals surface area contributed by atoms with Crippen LogP contribution < -0.4 is 10.6 Å². The molecule has 284 valence electrons. The molecule has 0 saturated heterocycles. The largest absolute Gasteiger partial charge is 0.346 e. The molecule has 0 aliphatic heterocycles. The molecule has 0 spiro atoms. The molecule has 1 aliphatic carbocycles. The average Bonchev–Trinajstić information content (AvgIpc) is 3.88. The van der Waals surface area contributed by atoms with Crippen molar-refractivity contribution < 1.29 is 24.0 Å². The van der Waals surface area contributed by atoms with Gasteiger partial charge in [-0.25, -0.2) is 0 Å². The van der Waals surface area contributed by atoms with E-state index in [2.05, 4.69) is 10.6 Å². The lowest BCUT2D eigenvalue weighted by molar-refractivity contribution is -0.135. The van der Waals surface area contributed by atoms with Crippen LogP contribution in [0.1, 0.15) is 96.3 Å². The van der Waals surface area contributed by atoms with Crippen LogP contribution in [0, 0.1) is 29.1 Å². The van der Waals surface area contributed by atoms with Gasteiger partial charge in [0.25, 0.3) is 0 Å². The number of ketones is 3. The molecule has 2 amide bonds. The highest BCUT2D eigenvalue weighted by molar-refractivity contribution is 6.30. The third kappa shape index (κ3) is 13.7. The number of aryl methyl sites for hydroxylation is 1. The molecular weight excluding hydrogens is 684 g/mol. The normalized spacial score (nSPS) is 15.6. The third-order valence-corrected chi connectivity index (χ3v) is 10.5. The molecule has 1 fully saturated rings. The topological polar surface area (TPSA) is 109 Å². The second-order valence-electron chi connectivity index (χ2n) is 16.1. The van der Waals surface area contributed by atoms with Gasteiger partial charge in [-0.15, -0.1) is 0 Å². The lowest BCUT2D eigenvalue weighted by Gasteiger charge is -2.27. The summed E-state index contributed by atoms with van der Waals surface area (Å²) in [6.07, 6.45) is 4.03. The van der Waals surface area contributed by atoms with Crippen molar-refractivity contribution in [3.63, 3.8) is 0 Å². The van der Waals surface area contributed by atoms with E-state index in [1.807, 2.05) is 107 Å². The third-order valence-electron chi connectivity index (χ3n) is 10.3. The number of amides is 2. The fourth-order valence-corrected chi connectivity index (χ4v) is 7.03. The van der Waals surface area contributed by atoms with Crippen molar-refractivity contribution in [3.8, 4) is 0 Å². The number of hydrogen-bond donors (Lipinski definition) is 2. The molecule has 53 heavy (non-hydrogen) atoms. The van der Waals surface area contributed by atoms with E-state index >= 15 is 0 Å². The van der Waals surface area contributed by atoms with Crippen LogP contribution in [0.25, 0.3) is 0 Å². The molecule has 0 radical (unpaired) electrons. The Hall–Kier alpha value is -4.10. The molecule has 3 aromatic carbocycles. The Bertz CT molecular complexity index is 1670. The lowest BCUT2D eigenvalue weighted by Crippen LogP contribution is -2.49. The van der Waals surface area contributed by atoms with Gasteiger partial charge in [-0.2, -0.15) is 0 Å². The summed E-state index contributed by atoms with van der Waals surface area (Å²) in [6.45, 7) is 10.00. The van der Waals surface area contributed by atoms with E-state index in [0.717, 1.165) is 29.5 Å². The Morgan fingerprint density at radius 3 is 1.75 bits per heavy atom. The lowest BCUT2D eigenvalue weighted by atomic mass is 9.87. The first kappa shape index (κ1) is 41.7. The van der Waals surface area contributed by atoms with Gasteiger partial charge in [0.1, 0.15) is 5.78 Å². The van der Waals surface area contributed by atoms with E-state index in [0.29, 0.717) is 37.1 Å². The molecule has 1 unspecified atom stereocenters. The predicted molar refractivity (Wildman–Crippen MR) is 211 cm³/mol. The van der Waals surface area contributed by atoms with Crippen molar-refractivity contribution in [2.24, 2.45) is 29.1 Å². The van der Waals surface area contributed by atoms with Gasteiger partial charge in [0, 0.05) is 41.5 Å². The van der Waals surface area contributed by atoms with Crippen molar-refractivity contribution in [1.29, 1.82) is 0 Å². The zero-order chi connectivity index (χ0) is 38.5. The molecule has 7 nitrogen and oxygen atoms in total. The number of nitrogens with one attached hydrogen (secondary N) is 2. The molecule has 8 heteroatoms. The molecule has 4 atom stereocenters. The molecule has 0 bridgehead atoms. The summed E-state index contributed by atoms with van der Waals surface area (Å²) in [7, 11) is 0. The number of rotatable bonds is 22. The smallest absolute Gasteiger partial charge is 0.224 e. The van der Waals surface area contributed by atoms with Crippen LogP contribution in [0.2, 0.25) is 5.02 Å². The van der Waals surface area contributed by atoms with E-state index in [-0.39, 0.29) is 60.3 Å². The Morgan fingerprint density at radius 2 is 1.19 bits per heavy atom. The Morgan fingerprint density at radius 1 is 0.660 bits per heavy atom. The van der Waals surface area contributed by atoms with Gasteiger partial charge in [0.05, 0.1) is 12.1 Å². The number of carbonyl (C=O) groups excluding carboxylic acids is 5. The van der Waals surface area contributed by atoms with E-state index in [9.17, 15) is 24.0 Å². The minimum absolute atomic E-state index is 0.0348. The second kappa shape index (κ2) is 19.8. The van der Waals surface area contributed by atoms with Crippen LogP contribution in [0.3, 0.4) is 0 Å². The number of benzene rings is 3. The summed E-state index contributed by atoms with van der Waals surface area (Å²) < 4.78 is 0. The van der Waals surface area contributed by atoms with Crippen LogP contribution in [0.15, 0.2) is 84.9 Å². The number of halogens is 1. The van der Waals surface area contributed by atoms with E-state index < -0.39 is 29.3 Å². The maximum Gasteiger partial charge on any atom is 0.224 e. The van der Waals surface area contributed by atoms with Crippen LogP contribution in [-0.2, 0) is 43.2 Å². The maximum atomic E-state index is 14.2. The van der Waals surface area contributed by atoms with Crippen molar-refractivity contribution in [3.05, 3.63) is 107 Å². The van der Waals surface area contributed by atoms with Gasteiger partial charge in [-0.3, -0.25) is 24.0 Å². The van der Waals surface area contributed by atoms with Gasteiger partial charge in [0.2, 0.25) is 11.8 Å². The number of Topliss-reactive ketones (excluding diaryl/α,β-unsaturated/α-hetero) is 3. The summed E-state index contributed by atoms with van der Waals surface area (Å²) in [5.41, 5.74) is 2.38. The fourth-order valence-electron chi connectivity index (χ4n) is 6.91. The number of hydrogen-bond acceptors (Lipinski definition) is 5. The van der Waals surface area contributed by atoms with Crippen molar-refractivity contribution >= 4 is 40.8 Å². The SMILES string of the molecule is CC(C)C[C@H](NC(=O)C(CCc1ccccc1)CC(=O)Cc1ccc(Cl)cc1)C(=O)C[C@@H](Cc1ccccc1)C(=O)N[C@@H](CC(C)C)C(=O)C1(C)CC1. The Labute approximate surface area is 321 Å². The molecule has 4 rings (SSSR count). The van der Waals surface area contributed by atoms with Crippen LogP contribution in [0.5, 0.6) is 0 Å². The highest BCUT2D eigenvalue weighted by Gasteiger charge is 2.48. The van der Waals surface area contributed by atoms with E-state index in [1.54, 1.807) is 12.1 Å². The standard InChI is InChI=1S/C45H57ClN2O5/c1-30(2)24-39(47-43(52)35(19-16-32-12-8-6-9-13-32)28-38(49)27-34-17-20-37(46)21-18-34)41(50)29-36(26-33-14-10-7-11-15-33)44(53)48-40(25-31(3)4)42(51)45(5)22-23-45/h6-15,17-18,20-21,30-31,35-36,39-40H,16,19,22-29H2,1-5H3,(H,47,52)(H,48,53)/t35?,36-,39+,40+/m1/s1. The zero-order valence-corrected chi connectivity index (χ0v) is 32.8. The molecule has 3 aromatic rings. The molecular formula is C45H57ClN2O5. The van der Waals surface area contributed by atoms with Crippen LogP contribution in [-0.4, -0.2) is 41.2 Å². The van der Waals surface area contributed by atoms with Gasteiger partial charge in [-0.1, -0.05) is 119 Å². The monoisotopic (exact) mass is 740 g/mol. The summed E-state index contributed by atoms with van der Waals surface area (Å²) in [4.78, 5) is 69.2. The van der Waals surface area contributed by atoms with Gasteiger partial charge < -0.3 is 10.6 Å². The minimum Gasteiger partial charge on any atom is -0.346 e. The highest BCUT2D eigenvalue weighted by Crippen LogP contribution is 2.47. The van der Waals surface area contributed by atoms with Gasteiger partial charge >= 0.3 is 0 Å². The second-order valence-corrected chi connectivity index (χ2v) is 16.6. The summed E-state index contributed by atoms with van der Waals surface area (Å²) in [5.74, 6) is -2.03. The summed E-state index contributed by atoms with van der Waals surface area (Å²) in [5, 5.41) is 6.69. The predicted octanol–water partition coefficient (Wildman–Crippen LogP) is 8.34. The zero-order valence-electron chi connectivity index (χ0n) is 32.0. The van der Waals surface area contributed by atoms with Gasteiger partial charge in [-0.05, 0) is 85.6 Å². The van der Waals surface area contributed by atoms with Crippen molar-refractivity contribution in [2.45, 2.75) is 111 Å². The molecule has 2 N–H and O–H groups in total. The molecule has 1 saturated carbocycles. The minimum atomic E-state index is -0.836. The fraction of sp³-hybridized carbons (Fsp3) is 0.489. The van der Waals surface area contributed by atoms with Crippen LogP contribution >= 0.6 is 11.6 Å². The maximum absolute atomic E-state index is 14.2. The number of carbonyl (C=O) groups is 5. The summed E-state index contributed by atoms with van der Waals surface area (Å²) >= 11 is 6.04. The first-order chi connectivity index (χ1) is 25.2. The highest BCUT2D eigenvalue weighted by atomic mass is 35.5. The Kier molecular flexibility index (Phi) is 15.6. The van der Waals surface area contributed by atoms with E-state index in [4.69, 9.17) is 11.6 Å². The first-order valence-electron chi connectivity index (χ1n) is 19.2. The first-order valence-corrected chi connectivity index (χ1v) is 19.6. The van der Waals surface area contributed by atoms with Gasteiger partial charge in [0.15, 0.2) is 11.6 Å². The average molecular weight is 741 g/mol. The van der Waals surface area contributed by atoms with E-state index in [1.165, 1.54) is 0 Å².